The monoisotopic (exact) mass is 296 g/mol. The maximum Gasteiger partial charge on any atom is 0.240 e. The minimum absolute atomic E-state index is 0.116. The normalized spacial score (nSPS) is 18.9. The van der Waals surface area contributed by atoms with E-state index in [0.29, 0.717) is 17.9 Å². The van der Waals surface area contributed by atoms with E-state index in [4.69, 9.17) is 5.73 Å². The minimum Gasteiger partial charge on any atom is -0.368 e. The number of piperidine rings is 1. The van der Waals surface area contributed by atoms with Crippen molar-refractivity contribution in [1.29, 1.82) is 0 Å². The molecule has 1 aromatic rings. The standard InChI is InChI=1S/C14H17FN2O2S/c15-10-5-1-2-7-12(10)20-9-13(18)17-8-4-3-6-11(17)14(16)19/h1-2,5,7,11H,3-4,6,8-9H2,(H2,16,19). The molecule has 0 aromatic heterocycles. The van der Waals surface area contributed by atoms with Crippen LogP contribution < -0.4 is 5.73 Å². The first kappa shape index (κ1) is 14.8. The Kier molecular flexibility index (Phi) is 5.00. The fraction of sp³-hybridized carbons (Fsp3) is 0.429. The molecule has 1 heterocycles. The van der Waals surface area contributed by atoms with Crippen molar-refractivity contribution in [2.75, 3.05) is 12.3 Å². The fourth-order valence-corrected chi connectivity index (χ4v) is 3.14. The van der Waals surface area contributed by atoms with E-state index < -0.39 is 11.9 Å². The van der Waals surface area contributed by atoms with Crippen molar-refractivity contribution in [2.45, 2.75) is 30.2 Å². The van der Waals surface area contributed by atoms with Crippen molar-refractivity contribution in [1.82, 2.24) is 4.90 Å². The summed E-state index contributed by atoms with van der Waals surface area (Å²) in [5, 5.41) is 0. The summed E-state index contributed by atoms with van der Waals surface area (Å²) in [6.07, 6.45) is 2.39. The van der Waals surface area contributed by atoms with E-state index in [2.05, 4.69) is 0 Å². The highest BCUT2D eigenvalue weighted by Gasteiger charge is 2.30. The van der Waals surface area contributed by atoms with Crippen molar-refractivity contribution in [3.63, 3.8) is 0 Å². The molecule has 20 heavy (non-hydrogen) atoms. The van der Waals surface area contributed by atoms with Gasteiger partial charge in [-0.3, -0.25) is 9.59 Å². The van der Waals surface area contributed by atoms with Gasteiger partial charge in [-0.05, 0) is 31.4 Å². The van der Waals surface area contributed by atoms with Crippen molar-refractivity contribution < 1.29 is 14.0 Å². The number of benzene rings is 1. The third-order valence-corrected chi connectivity index (χ3v) is 4.37. The van der Waals surface area contributed by atoms with E-state index in [0.717, 1.165) is 24.6 Å². The zero-order valence-corrected chi connectivity index (χ0v) is 11.9. The largest absolute Gasteiger partial charge is 0.368 e. The lowest BCUT2D eigenvalue weighted by Crippen LogP contribution is -2.51. The first-order chi connectivity index (χ1) is 9.59. The molecule has 1 aromatic carbocycles. The molecule has 1 aliphatic rings. The van der Waals surface area contributed by atoms with Gasteiger partial charge in [0.25, 0.3) is 0 Å². The summed E-state index contributed by atoms with van der Waals surface area (Å²) >= 11 is 1.14. The molecule has 2 amide bonds. The van der Waals surface area contributed by atoms with Crippen LogP contribution in [0.3, 0.4) is 0 Å². The highest BCUT2D eigenvalue weighted by Crippen LogP contribution is 2.23. The molecule has 0 radical (unpaired) electrons. The van der Waals surface area contributed by atoms with Crippen LogP contribution >= 0.6 is 11.8 Å². The molecule has 1 unspecified atom stereocenters. The summed E-state index contributed by atoms with van der Waals surface area (Å²) in [6.45, 7) is 0.546. The van der Waals surface area contributed by atoms with Gasteiger partial charge in [0.05, 0.1) is 5.75 Å². The second kappa shape index (κ2) is 6.74. The number of thioether (sulfide) groups is 1. The maximum absolute atomic E-state index is 13.5. The molecule has 0 saturated carbocycles. The van der Waals surface area contributed by atoms with Gasteiger partial charge in [-0.15, -0.1) is 11.8 Å². The number of hydrogen-bond donors (Lipinski definition) is 1. The minimum atomic E-state index is -0.516. The lowest BCUT2D eigenvalue weighted by Gasteiger charge is -2.33. The van der Waals surface area contributed by atoms with Crippen LogP contribution in [0.1, 0.15) is 19.3 Å². The molecule has 0 bridgehead atoms. The second-order valence-electron chi connectivity index (χ2n) is 4.72. The van der Waals surface area contributed by atoms with Gasteiger partial charge in [-0.25, -0.2) is 4.39 Å². The summed E-state index contributed by atoms with van der Waals surface area (Å²) < 4.78 is 13.5. The molecule has 1 atom stereocenters. The Hall–Kier alpha value is -1.56. The Morgan fingerprint density at radius 1 is 1.35 bits per heavy atom. The Bertz CT molecular complexity index is 510. The Labute approximate surface area is 121 Å². The second-order valence-corrected chi connectivity index (χ2v) is 5.74. The van der Waals surface area contributed by atoms with Gasteiger partial charge in [-0.1, -0.05) is 12.1 Å². The summed E-state index contributed by atoms with van der Waals surface area (Å²) in [7, 11) is 0. The molecule has 0 spiro atoms. The molecule has 4 nitrogen and oxygen atoms in total. The smallest absolute Gasteiger partial charge is 0.240 e. The highest BCUT2D eigenvalue weighted by atomic mass is 32.2. The molecule has 0 aliphatic carbocycles. The van der Waals surface area contributed by atoms with Crippen molar-refractivity contribution in [3.05, 3.63) is 30.1 Å². The van der Waals surface area contributed by atoms with Gasteiger partial charge in [0.1, 0.15) is 11.9 Å². The van der Waals surface area contributed by atoms with Crippen LogP contribution in [-0.4, -0.2) is 35.1 Å². The van der Waals surface area contributed by atoms with Crippen LogP contribution in [0.15, 0.2) is 29.2 Å². The zero-order valence-electron chi connectivity index (χ0n) is 11.0. The summed E-state index contributed by atoms with van der Waals surface area (Å²) in [5.74, 6) is -0.851. The number of nitrogens with zero attached hydrogens (tertiary/aromatic N) is 1. The average Bonchev–Trinajstić information content (AvgIpc) is 2.46. The van der Waals surface area contributed by atoms with Crippen molar-refractivity contribution in [2.24, 2.45) is 5.73 Å². The number of hydrogen-bond acceptors (Lipinski definition) is 3. The van der Waals surface area contributed by atoms with Gasteiger partial charge in [0.2, 0.25) is 11.8 Å². The Morgan fingerprint density at radius 2 is 2.10 bits per heavy atom. The van der Waals surface area contributed by atoms with Gasteiger partial charge in [0, 0.05) is 11.4 Å². The third-order valence-electron chi connectivity index (χ3n) is 3.34. The Balaban J connectivity index is 1.97. The fourth-order valence-electron chi connectivity index (χ4n) is 2.31. The molecule has 1 fully saturated rings. The van der Waals surface area contributed by atoms with E-state index in [1.807, 2.05) is 0 Å². The van der Waals surface area contributed by atoms with Crippen LogP contribution in [-0.2, 0) is 9.59 Å². The summed E-state index contributed by atoms with van der Waals surface area (Å²) in [4.78, 5) is 25.5. The molecular formula is C14H17FN2O2S. The third kappa shape index (κ3) is 3.50. The topological polar surface area (TPSA) is 63.4 Å². The van der Waals surface area contributed by atoms with Crippen LogP contribution in [0, 0.1) is 5.82 Å². The number of nitrogens with two attached hydrogens (primary N) is 1. The SMILES string of the molecule is NC(=O)C1CCCCN1C(=O)CSc1ccccc1F. The predicted octanol–water partition coefficient (Wildman–Crippen LogP) is 1.78. The average molecular weight is 296 g/mol. The van der Waals surface area contributed by atoms with Gasteiger partial charge >= 0.3 is 0 Å². The molecule has 6 heteroatoms. The lowest BCUT2D eigenvalue weighted by atomic mass is 10.0. The van der Waals surface area contributed by atoms with E-state index in [9.17, 15) is 14.0 Å². The number of likely N-dealkylation sites (tertiary alicyclic amines) is 1. The number of carbonyl (C=O) groups excluding carboxylic acids is 2. The molecular weight excluding hydrogens is 279 g/mol. The molecule has 1 aliphatic heterocycles. The number of amides is 2. The quantitative estimate of drug-likeness (QED) is 0.862. The molecule has 2 rings (SSSR count). The van der Waals surface area contributed by atoms with Crippen LogP contribution in [0.2, 0.25) is 0 Å². The highest BCUT2D eigenvalue weighted by molar-refractivity contribution is 8.00. The first-order valence-corrected chi connectivity index (χ1v) is 7.54. The molecule has 108 valence electrons. The zero-order chi connectivity index (χ0) is 14.5. The molecule has 1 saturated heterocycles. The number of halogens is 1. The van der Waals surface area contributed by atoms with Gasteiger partial charge in [0.15, 0.2) is 0 Å². The summed E-state index contributed by atoms with van der Waals surface area (Å²) in [5.41, 5.74) is 5.33. The van der Waals surface area contributed by atoms with Crippen LogP contribution in [0.5, 0.6) is 0 Å². The Morgan fingerprint density at radius 3 is 2.80 bits per heavy atom. The number of rotatable bonds is 4. The number of carbonyl (C=O) groups is 2. The summed E-state index contributed by atoms with van der Waals surface area (Å²) in [6, 6.07) is 5.81. The van der Waals surface area contributed by atoms with E-state index in [-0.39, 0.29) is 17.5 Å². The lowest BCUT2D eigenvalue weighted by molar-refractivity contribution is -0.138. The van der Waals surface area contributed by atoms with E-state index >= 15 is 0 Å². The molecule has 2 N–H and O–H groups in total. The van der Waals surface area contributed by atoms with E-state index in [1.54, 1.807) is 18.2 Å². The van der Waals surface area contributed by atoms with Crippen molar-refractivity contribution in [3.8, 4) is 0 Å². The van der Waals surface area contributed by atoms with Gasteiger partial charge in [-0.2, -0.15) is 0 Å². The van der Waals surface area contributed by atoms with Crippen LogP contribution in [0.4, 0.5) is 4.39 Å². The maximum atomic E-state index is 13.5. The van der Waals surface area contributed by atoms with Crippen LogP contribution in [0.25, 0.3) is 0 Å². The predicted molar refractivity (Wildman–Crippen MR) is 75.7 cm³/mol. The van der Waals surface area contributed by atoms with E-state index in [1.165, 1.54) is 11.0 Å². The first-order valence-electron chi connectivity index (χ1n) is 6.55. The van der Waals surface area contributed by atoms with Gasteiger partial charge < -0.3 is 10.6 Å². The van der Waals surface area contributed by atoms with Crippen molar-refractivity contribution >= 4 is 23.6 Å². The number of primary amides is 1.